The van der Waals surface area contributed by atoms with Gasteiger partial charge in [-0.05, 0) is 29.7 Å². The molecule has 138 valence electrons. The number of benzene rings is 2. The van der Waals surface area contributed by atoms with Crippen molar-refractivity contribution in [1.29, 1.82) is 0 Å². The Labute approximate surface area is 158 Å². The Balaban J connectivity index is 1.54. The third-order valence-corrected chi connectivity index (χ3v) is 4.05. The van der Waals surface area contributed by atoms with Crippen LogP contribution in [0.15, 0.2) is 66.9 Å². The number of nitrogens with one attached hydrogen (secondary N) is 2. The maximum Gasteiger partial charge on any atom is 0.270 e. The number of carbonyl (C=O) groups excluding carboxylic acids is 1. The maximum atomic E-state index is 12.3. The monoisotopic (exact) mass is 362 g/mol. The fourth-order valence-corrected chi connectivity index (χ4v) is 2.66. The van der Waals surface area contributed by atoms with E-state index in [-0.39, 0.29) is 5.91 Å². The summed E-state index contributed by atoms with van der Waals surface area (Å²) in [7, 11) is 1.66. The van der Waals surface area contributed by atoms with Crippen molar-refractivity contribution in [2.75, 3.05) is 19.0 Å². The number of anilines is 1. The highest BCUT2D eigenvalue weighted by Crippen LogP contribution is 2.17. The van der Waals surface area contributed by atoms with Crippen LogP contribution in [0.4, 0.5) is 5.95 Å². The molecule has 0 saturated heterocycles. The Kier molecular flexibility index (Phi) is 6.35. The van der Waals surface area contributed by atoms with E-state index in [0.29, 0.717) is 24.7 Å². The number of para-hydroxylation sites is 1. The average molecular weight is 362 g/mol. The smallest absolute Gasteiger partial charge is 0.270 e. The number of nitrogens with zero attached hydrogens (tertiary/aromatic N) is 2. The van der Waals surface area contributed by atoms with Crippen molar-refractivity contribution in [3.05, 3.63) is 83.7 Å². The molecule has 0 unspecified atom stereocenters. The molecule has 0 bridgehead atoms. The second-order valence-corrected chi connectivity index (χ2v) is 5.92. The second kappa shape index (κ2) is 9.33. The van der Waals surface area contributed by atoms with Crippen LogP contribution >= 0.6 is 0 Å². The lowest BCUT2D eigenvalue weighted by atomic mass is 10.1. The number of ether oxygens (including phenoxy) is 1. The first-order valence-electron chi connectivity index (χ1n) is 8.77. The van der Waals surface area contributed by atoms with Crippen LogP contribution in [0.1, 0.15) is 21.6 Å². The molecule has 1 amide bonds. The molecule has 0 fully saturated rings. The van der Waals surface area contributed by atoms with Gasteiger partial charge in [-0.3, -0.25) is 4.79 Å². The minimum Gasteiger partial charge on any atom is -0.496 e. The molecule has 6 heteroatoms. The van der Waals surface area contributed by atoms with Crippen LogP contribution in [-0.2, 0) is 13.0 Å². The molecule has 0 aliphatic carbocycles. The van der Waals surface area contributed by atoms with E-state index >= 15 is 0 Å². The Hall–Kier alpha value is -3.41. The quantitative estimate of drug-likeness (QED) is 0.644. The third kappa shape index (κ3) is 5.28. The van der Waals surface area contributed by atoms with Crippen molar-refractivity contribution in [2.45, 2.75) is 13.0 Å². The Morgan fingerprint density at radius 3 is 2.63 bits per heavy atom. The van der Waals surface area contributed by atoms with Crippen molar-refractivity contribution in [3.8, 4) is 5.75 Å². The number of carbonyl (C=O) groups is 1. The molecule has 2 N–H and O–H groups in total. The molecule has 0 spiro atoms. The first-order chi connectivity index (χ1) is 13.3. The minimum absolute atomic E-state index is 0.228. The lowest BCUT2D eigenvalue weighted by Gasteiger charge is -2.09. The van der Waals surface area contributed by atoms with Gasteiger partial charge in [0.15, 0.2) is 0 Å². The summed E-state index contributed by atoms with van der Waals surface area (Å²) in [4.78, 5) is 20.8. The molecule has 1 heterocycles. The number of aromatic nitrogens is 2. The van der Waals surface area contributed by atoms with Crippen molar-refractivity contribution >= 4 is 11.9 Å². The van der Waals surface area contributed by atoms with Gasteiger partial charge in [-0.2, -0.15) is 0 Å². The summed E-state index contributed by atoms with van der Waals surface area (Å²) in [6.45, 7) is 1.09. The molecule has 0 saturated carbocycles. The van der Waals surface area contributed by atoms with Crippen molar-refractivity contribution in [3.63, 3.8) is 0 Å². The Morgan fingerprint density at radius 2 is 1.81 bits per heavy atom. The summed E-state index contributed by atoms with van der Waals surface area (Å²) in [5.74, 6) is 1.06. The van der Waals surface area contributed by atoms with E-state index in [1.54, 1.807) is 19.4 Å². The van der Waals surface area contributed by atoms with Gasteiger partial charge < -0.3 is 15.4 Å². The van der Waals surface area contributed by atoms with Crippen LogP contribution in [0, 0.1) is 0 Å². The first-order valence-corrected chi connectivity index (χ1v) is 8.77. The van der Waals surface area contributed by atoms with Gasteiger partial charge in [-0.25, -0.2) is 9.97 Å². The van der Waals surface area contributed by atoms with Gasteiger partial charge in [0, 0.05) is 19.3 Å². The normalized spacial score (nSPS) is 10.3. The molecule has 0 atom stereocenters. The number of methoxy groups -OCH3 is 1. The zero-order valence-electron chi connectivity index (χ0n) is 15.2. The van der Waals surface area contributed by atoms with Gasteiger partial charge in [-0.1, -0.05) is 48.5 Å². The van der Waals surface area contributed by atoms with E-state index < -0.39 is 0 Å². The van der Waals surface area contributed by atoms with Gasteiger partial charge in [0.1, 0.15) is 11.4 Å². The van der Waals surface area contributed by atoms with Gasteiger partial charge in [0.2, 0.25) is 5.95 Å². The maximum absolute atomic E-state index is 12.3. The number of amides is 1. The summed E-state index contributed by atoms with van der Waals surface area (Å²) in [6, 6.07) is 19.2. The second-order valence-electron chi connectivity index (χ2n) is 5.92. The molecule has 0 aliphatic heterocycles. The van der Waals surface area contributed by atoms with Gasteiger partial charge in [0.05, 0.1) is 7.11 Å². The lowest BCUT2D eigenvalue weighted by molar-refractivity contribution is 0.0946. The van der Waals surface area contributed by atoms with Crippen LogP contribution in [0.25, 0.3) is 0 Å². The molecule has 0 radical (unpaired) electrons. The molecule has 0 aliphatic rings. The Bertz CT molecular complexity index is 884. The zero-order chi connectivity index (χ0) is 18.9. The summed E-state index contributed by atoms with van der Waals surface area (Å²) >= 11 is 0. The topological polar surface area (TPSA) is 76.1 Å². The lowest BCUT2D eigenvalue weighted by Crippen LogP contribution is -2.24. The standard InChI is InChI=1S/C21H22N4O2/c1-27-19-10-6-5-9-17(19)11-13-22-21-23-14-12-18(25-21)20(26)24-15-16-7-3-2-4-8-16/h2-10,12,14H,11,13,15H2,1H3,(H,24,26)(H,22,23,25). The summed E-state index contributed by atoms with van der Waals surface area (Å²) < 4.78 is 5.35. The molecule has 3 rings (SSSR count). The summed E-state index contributed by atoms with van der Waals surface area (Å²) in [6.07, 6.45) is 2.34. The van der Waals surface area contributed by atoms with Crippen LogP contribution in [0.3, 0.4) is 0 Å². The molecule has 6 nitrogen and oxygen atoms in total. The molecule has 2 aromatic carbocycles. The molecule has 1 aromatic heterocycles. The van der Waals surface area contributed by atoms with E-state index in [1.165, 1.54) is 0 Å². The average Bonchev–Trinajstić information content (AvgIpc) is 2.73. The SMILES string of the molecule is COc1ccccc1CCNc1nccc(C(=O)NCc2ccccc2)n1. The van der Waals surface area contributed by atoms with Crippen LogP contribution in [-0.4, -0.2) is 29.5 Å². The summed E-state index contributed by atoms with van der Waals surface area (Å²) in [5.41, 5.74) is 2.47. The number of hydrogen-bond donors (Lipinski definition) is 2. The predicted molar refractivity (Wildman–Crippen MR) is 105 cm³/mol. The fraction of sp³-hybridized carbons (Fsp3) is 0.190. The first kappa shape index (κ1) is 18.4. The van der Waals surface area contributed by atoms with E-state index in [2.05, 4.69) is 20.6 Å². The zero-order valence-corrected chi connectivity index (χ0v) is 15.2. The van der Waals surface area contributed by atoms with E-state index in [9.17, 15) is 4.79 Å². The molecular weight excluding hydrogens is 340 g/mol. The highest BCUT2D eigenvalue weighted by molar-refractivity contribution is 5.92. The fourth-order valence-electron chi connectivity index (χ4n) is 2.66. The number of hydrogen-bond acceptors (Lipinski definition) is 5. The van der Waals surface area contributed by atoms with Crippen LogP contribution in [0.2, 0.25) is 0 Å². The molecular formula is C21H22N4O2. The van der Waals surface area contributed by atoms with Crippen LogP contribution in [0.5, 0.6) is 5.75 Å². The minimum atomic E-state index is -0.228. The Morgan fingerprint density at radius 1 is 1.04 bits per heavy atom. The van der Waals surface area contributed by atoms with Gasteiger partial charge in [0.25, 0.3) is 5.91 Å². The van der Waals surface area contributed by atoms with Gasteiger partial charge in [-0.15, -0.1) is 0 Å². The summed E-state index contributed by atoms with van der Waals surface area (Å²) in [5, 5.41) is 6.02. The highest BCUT2D eigenvalue weighted by Gasteiger charge is 2.09. The number of rotatable bonds is 8. The molecule has 27 heavy (non-hydrogen) atoms. The van der Waals surface area contributed by atoms with Gasteiger partial charge >= 0.3 is 0 Å². The van der Waals surface area contributed by atoms with E-state index in [0.717, 1.165) is 23.3 Å². The predicted octanol–water partition coefficient (Wildman–Crippen LogP) is 3.07. The largest absolute Gasteiger partial charge is 0.496 e. The van der Waals surface area contributed by atoms with E-state index in [1.807, 2.05) is 54.6 Å². The highest BCUT2D eigenvalue weighted by atomic mass is 16.5. The van der Waals surface area contributed by atoms with Crippen molar-refractivity contribution in [1.82, 2.24) is 15.3 Å². The van der Waals surface area contributed by atoms with Crippen molar-refractivity contribution in [2.24, 2.45) is 0 Å². The molecule has 3 aromatic rings. The van der Waals surface area contributed by atoms with Crippen LogP contribution < -0.4 is 15.4 Å². The third-order valence-electron chi connectivity index (χ3n) is 4.05. The van der Waals surface area contributed by atoms with E-state index in [4.69, 9.17) is 4.74 Å². The van der Waals surface area contributed by atoms with Crippen molar-refractivity contribution < 1.29 is 9.53 Å².